The number of aromatic nitrogens is 2. The molecule has 0 radical (unpaired) electrons. The van der Waals surface area contributed by atoms with Crippen LogP contribution in [0.2, 0.25) is 0 Å². The van der Waals surface area contributed by atoms with E-state index < -0.39 is 36.2 Å². The van der Waals surface area contributed by atoms with Gasteiger partial charge < -0.3 is 14.7 Å². The normalized spacial score (nSPS) is 25.0. The fraction of sp³-hybridized carbons (Fsp3) is 0.600. The Kier molecular flexibility index (Phi) is 4.63. The molecule has 0 aromatic carbocycles. The fourth-order valence-electron chi connectivity index (χ4n) is 3.61. The molecule has 11 heteroatoms. The molecule has 2 aliphatic rings. The Morgan fingerprint density at radius 3 is 2.88 bits per heavy atom. The van der Waals surface area contributed by atoms with Crippen LogP contribution in [0.3, 0.4) is 0 Å². The molecule has 1 aliphatic carbocycles. The second-order valence-electron chi connectivity index (χ2n) is 6.49. The summed E-state index contributed by atoms with van der Waals surface area (Å²) in [6.07, 6.45) is -1.27. The summed E-state index contributed by atoms with van der Waals surface area (Å²) in [5.74, 6) is -1.02. The van der Waals surface area contributed by atoms with Gasteiger partial charge in [0.15, 0.2) is 6.61 Å². The first-order valence-electron chi connectivity index (χ1n) is 8.01. The smallest absolute Gasteiger partial charge is 0.422 e. The molecule has 2 atom stereocenters. The summed E-state index contributed by atoms with van der Waals surface area (Å²) in [7, 11) is 0. The summed E-state index contributed by atoms with van der Waals surface area (Å²) in [5, 5.41) is 12.0. The second kappa shape index (κ2) is 6.61. The van der Waals surface area contributed by atoms with Crippen molar-refractivity contribution in [1.29, 1.82) is 0 Å². The van der Waals surface area contributed by atoms with Gasteiger partial charge in [-0.1, -0.05) is 6.42 Å². The van der Waals surface area contributed by atoms with Gasteiger partial charge in [-0.25, -0.2) is 9.78 Å². The molecular formula is C15H17F3N4O4. The zero-order valence-electron chi connectivity index (χ0n) is 13.6. The van der Waals surface area contributed by atoms with Gasteiger partial charge in [0, 0.05) is 19.3 Å². The number of rotatable bonds is 4. The summed E-state index contributed by atoms with van der Waals surface area (Å²) >= 11 is 0. The lowest BCUT2D eigenvalue weighted by Crippen LogP contribution is -2.38. The molecule has 1 aromatic rings. The number of carboxylic acid groups (broad SMARTS) is 1. The minimum absolute atomic E-state index is 0.0244. The third kappa shape index (κ3) is 3.65. The monoisotopic (exact) mass is 374 g/mol. The quantitative estimate of drug-likeness (QED) is 0.837. The minimum atomic E-state index is -4.53. The number of nitrogens with one attached hydrogen (secondary N) is 1. The first kappa shape index (κ1) is 18.2. The maximum absolute atomic E-state index is 12.4. The number of urea groups is 1. The number of amides is 2. The number of hydrogen-bond donors (Lipinski definition) is 2. The lowest BCUT2D eigenvalue weighted by atomic mass is 9.81. The highest BCUT2D eigenvalue weighted by molar-refractivity contribution is 5.89. The van der Waals surface area contributed by atoms with Crippen LogP contribution in [0.25, 0.3) is 0 Å². The molecule has 26 heavy (non-hydrogen) atoms. The van der Waals surface area contributed by atoms with Crippen molar-refractivity contribution in [1.82, 2.24) is 14.9 Å². The third-order valence-corrected chi connectivity index (χ3v) is 4.82. The standard InChI is InChI=1S/C15H17F3N4O4/c16-15(17,18)8-26-12-19-5-3-10(20-12)21-13(25)22-6-9-2-1-4-14(9,7-22)11(23)24/h3,5,9H,1-2,4,6-8H2,(H,23,24)(H,19,20,21,25)/t9-,14+/m0/s1. The highest BCUT2D eigenvalue weighted by atomic mass is 19.4. The number of ether oxygens (including phenoxy) is 1. The summed E-state index contributed by atoms with van der Waals surface area (Å²) in [6.45, 7) is -1.12. The molecule has 3 rings (SSSR count). The molecule has 8 nitrogen and oxygen atoms in total. The van der Waals surface area contributed by atoms with Gasteiger partial charge in [0.2, 0.25) is 0 Å². The average Bonchev–Trinajstić information content (AvgIpc) is 3.11. The van der Waals surface area contributed by atoms with Crippen molar-refractivity contribution in [2.45, 2.75) is 25.4 Å². The molecule has 142 valence electrons. The van der Waals surface area contributed by atoms with Crippen LogP contribution >= 0.6 is 0 Å². The maximum Gasteiger partial charge on any atom is 0.422 e. The second-order valence-corrected chi connectivity index (χ2v) is 6.49. The molecule has 2 fully saturated rings. The van der Waals surface area contributed by atoms with Crippen LogP contribution in [-0.4, -0.2) is 57.8 Å². The van der Waals surface area contributed by atoms with E-state index in [9.17, 15) is 27.9 Å². The third-order valence-electron chi connectivity index (χ3n) is 4.82. The van der Waals surface area contributed by atoms with Gasteiger partial charge >= 0.3 is 24.2 Å². The van der Waals surface area contributed by atoms with E-state index in [2.05, 4.69) is 20.0 Å². The predicted octanol–water partition coefficient (Wildman–Crippen LogP) is 2.14. The van der Waals surface area contributed by atoms with Crippen molar-refractivity contribution in [3.05, 3.63) is 12.3 Å². The van der Waals surface area contributed by atoms with E-state index in [0.29, 0.717) is 13.0 Å². The van der Waals surface area contributed by atoms with Gasteiger partial charge in [0.1, 0.15) is 5.82 Å². The minimum Gasteiger partial charge on any atom is -0.481 e. The summed E-state index contributed by atoms with van der Waals surface area (Å²) in [5.41, 5.74) is -0.913. The van der Waals surface area contributed by atoms with E-state index in [1.54, 1.807) is 0 Å². The molecule has 0 bridgehead atoms. The Morgan fingerprint density at radius 1 is 1.46 bits per heavy atom. The van der Waals surface area contributed by atoms with E-state index in [1.807, 2.05) is 0 Å². The van der Waals surface area contributed by atoms with E-state index >= 15 is 0 Å². The molecule has 1 aromatic heterocycles. The summed E-state index contributed by atoms with van der Waals surface area (Å²) in [6, 6.07) is 0.239. The van der Waals surface area contributed by atoms with Crippen LogP contribution in [0.15, 0.2) is 12.3 Å². The van der Waals surface area contributed by atoms with Crippen LogP contribution in [0.1, 0.15) is 19.3 Å². The van der Waals surface area contributed by atoms with Crippen LogP contribution < -0.4 is 10.1 Å². The number of likely N-dealkylation sites (tertiary alicyclic amines) is 1. The van der Waals surface area contributed by atoms with Crippen molar-refractivity contribution in [2.24, 2.45) is 11.3 Å². The Bertz CT molecular complexity index is 714. The van der Waals surface area contributed by atoms with Crippen molar-refractivity contribution in [2.75, 3.05) is 25.0 Å². The van der Waals surface area contributed by atoms with Gasteiger partial charge in [-0.15, -0.1) is 0 Å². The number of halogens is 3. The van der Waals surface area contributed by atoms with Gasteiger partial charge in [-0.3, -0.25) is 10.1 Å². The Hall–Kier alpha value is -2.59. The van der Waals surface area contributed by atoms with Crippen LogP contribution in [0.4, 0.5) is 23.8 Å². The van der Waals surface area contributed by atoms with E-state index in [4.69, 9.17) is 0 Å². The SMILES string of the molecule is O=C(Nc1ccnc(OCC(F)(F)F)n1)N1C[C@@H]2CCC[C@@]2(C(=O)O)C1. The summed E-state index contributed by atoms with van der Waals surface area (Å²) < 4.78 is 40.9. The molecule has 1 saturated heterocycles. The largest absolute Gasteiger partial charge is 0.481 e. The van der Waals surface area contributed by atoms with Crippen LogP contribution in [0.5, 0.6) is 6.01 Å². The first-order chi connectivity index (χ1) is 12.2. The zero-order chi connectivity index (χ0) is 18.9. The number of fused-ring (bicyclic) bond motifs is 1. The van der Waals surface area contributed by atoms with Gasteiger partial charge in [0.05, 0.1) is 5.41 Å². The van der Waals surface area contributed by atoms with Crippen LogP contribution in [-0.2, 0) is 4.79 Å². The molecule has 0 spiro atoms. The lowest BCUT2D eigenvalue weighted by molar-refractivity contribution is -0.154. The average molecular weight is 374 g/mol. The van der Waals surface area contributed by atoms with Crippen molar-refractivity contribution in [3.8, 4) is 6.01 Å². The number of aliphatic carboxylic acids is 1. The number of carboxylic acids is 1. The number of carbonyl (C=O) groups excluding carboxylic acids is 1. The van der Waals surface area contributed by atoms with Gasteiger partial charge in [0.25, 0.3) is 0 Å². The van der Waals surface area contributed by atoms with E-state index in [-0.39, 0.29) is 18.3 Å². The summed E-state index contributed by atoms with van der Waals surface area (Å²) in [4.78, 5) is 32.7. The van der Waals surface area contributed by atoms with Gasteiger partial charge in [-0.05, 0) is 24.8 Å². The molecular weight excluding hydrogens is 357 g/mol. The molecule has 2 amide bonds. The Balaban J connectivity index is 1.63. The number of hydrogen-bond acceptors (Lipinski definition) is 5. The maximum atomic E-state index is 12.4. The van der Waals surface area contributed by atoms with Crippen molar-refractivity contribution < 1.29 is 32.6 Å². The first-order valence-corrected chi connectivity index (χ1v) is 8.01. The highest BCUT2D eigenvalue weighted by Crippen LogP contribution is 2.48. The number of nitrogens with zero attached hydrogens (tertiary/aromatic N) is 3. The van der Waals surface area contributed by atoms with Crippen molar-refractivity contribution >= 4 is 17.8 Å². The van der Waals surface area contributed by atoms with E-state index in [1.165, 1.54) is 11.0 Å². The number of anilines is 1. The number of carbonyl (C=O) groups is 2. The van der Waals surface area contributed by atoms with Gasteiger partial charge in [-0.2, -0.15) is 18.2 Å². The molecule has 2 N–H and O–H groups in total. The predicted molar refractivity (Wildman–Crippen MR) is 81.6 cm³/mol. The molecule has 2 heterocycles. The molecule has 1 aliphatic heterocycles. The Labute approximate surface area is 146 Å². The van der Waals surface area contributed by atoms with Crippen molar-refractivity contribution in [3.63, 3.8) is 0 Å². The van der Waals surface area contributed by atoms with E-state index in [0.717, 1.165) is 19.0 Å². The topological polar surface area (TPSA) is 105 Å². The lowest BCUT2D eigenvalue weighted by Gasteiger charge is -2.23. The van der Waals surface area contributed by atoms with Crippen LogP contribution in [0, 0.1) is 11.3 Å². The number of alkyl halides is 3. The Morgan fingerprint density at radius 2 is 2.23 bits per heavy atom. The molecule has 0 unspecified atom stereocenters. The molecule has 1 saturated carbocycles. The highest BCUT2D eigenvalue weighted by Gasteiger charge is 2.55. The fourth-order valence-corrected chi connectivity index (χ4v) is 3.61. The zero-order valence-corrected chi connectivity index (χ0v) is 13.6.